The largest absolute Gasteiger partial charge is 0.497 e. The topological polar surface area (TPSA) is 65.4 Å². The molecule has 1 N–H and O–H groups in total. The summed E-state index contributed by atoms with van der Waals surface area (Å²) in [6.45, 7) is 0.214. The summed E-state index contributed by atoms with van der Waals surface area (Å²) >= 11 is 0. The van der Waals surface area contributed by atoms with Crippen LogP contribution in [0.5, 0.6) is 11.5 Å². The molecule has 0 saturated heterocycles. The number of carbonyl (C=O) groups excluding carboxylic acids is 1. The number of hydrogen-bond donors (Lipinski definition) is 1. The number of hydrogen-bond acceptors (Lipinski definition) is 4. The first-order valence-electron chi connectivity index (χ1n) is 6.13. The molecule has 0 spiro atoms. The summed E-state index contributed by atoms with van der Waals surface area (Å²) in [6, 6.07) is 5.49. The highest BCUT2D eigenvalue weighted by atomic mass is 16.5. The minimum Gasteiger partial charge on any atom is -0.497 e. The molecule has 0 aliphatic rings. The molecule has 1 heterocycles. The van der Waals surface area contributed by atoms with Gasteiger partial charge in [-0.1, -0.05) is 0 Å². The number of likely N-dealkylation sites (N-methyl/N-ethyl adjacent to an activating group) is 1. The van der Waals surface area contributed by atoms with Crippen LogP contribution in [0.2, 0.25) is 0 Å². The van der Waals surface area contributed by atoms with Crippen LogP contribution < -0.4 is 14.8 Å². The number of aromatic nitrogens is 2. The van der Waals surface area contributed by atoms with Gasteiger partial charge < -0.3 is 19.4 Å². The van der Waals surface area contributed by atoms with Gasteiger partial charge in [0.05, 0.1) is 14.2 Å². The van der Waals surface area contributed by atoms with Crippen LogP contribution in [0, 0.1) is 0 Å². The summed E-state index contributed by atoms with van der Waals surface area (Å²) in [5, 5.41) is 2.59. The van der Waals surface area contributed by atoms with Crippen molar-refractivity contribution >= 4 is 5.91 Å². The highest BCUT2D eigenvalue weighted by Gasteiger charge is 2.11. The maximum Gasteiger partial charge on any atom is 0.239 e. The van der Waals surface area contributed by atoms with Crippen LogP contribution in [0.25, 0.3) is 11.4 Å². The van der Waals surface area contributed by atoms with Crippen LogP contribution in [-0.4, -0.2) is 36.7 Å². The fourth-order valence-electron chi connectivity index (χ4n) is 1.87. The van der Waals surface area contributed by atoms with E-state index < -0.39 is 0 Å². The van der Waals surface area contributed by atoms with Crippen molar-refractivity contribution in [1.29, 1.82) is 0 Å². The Morgan fingerprint density at radius 3 is 2.45 bits per heavy atom. The molecule has 0 fully saturated rings. The second kappa shape index (κ2) is 6.10. The summed E-state index contributed by atoms with van der Waals surface area (Å²) in [7, 11) is 4.79. The van der Waals surface area contributed by atoms with E-state index in [-0.39, 0.29) is 12.5 Å². The number of nitrogens with zero attached hydrogens (tertiary/aromatic N) is 2. The number of rotatable bonds is 5. The number of ether oxygens (including phenoxy) is 2. The summed E-state index contributed by atoms with van der Waals surface area (Å²) in [6.07, 6.45) is 3.42. The molecule has 0 unspecified atom stereocenters. The van der Waals surface area contributed by atoms with Gasteiger partial charge in [0.2, 0.25) is 5.91 Å². The Balaban J connectivity index is 2.41. The lowest BCUT2D eigenvalue weighted by atomic mass is 10.2. The van der Waals surface area contributed by atoms with E-state index in [1.54, 1.807) is 44.3 Å². The van der Waals surface area contributed by atoms with E-state index in [0.29, 0.717) is 17.3 Å². The zero-order chi connectivity index (χ0) is 14.5. The average Bonchev–Trinajstić information content (AvgIpc) is 2.94. The lowest BCUT2D eigenvalue weighted by Gasteiger charge is -2.10. The molecular formula is C14H17N3O3. The number of methoxy groups -OCH3 is 2. The van der Waals surface area contributed by atoms with Crippen molar-refractivity contribution in [2.75, 3.05) is 21.3 Å². The van der Waals surface area contributed by atoms with Gasteiger partial charge >= 0.3 is 0 Å². The zero-order valence-corrected chi connectivity index (χ0v) is 11.7. The van der Waals surface area contributed by atoms with Gasteiger partial charge in [0.15, 0.2) is 0 Å². The molecule has 6 heteroatoms. The van der Waals surface area contributed by atoms with Gasteiger partial charge in [0.1, 0.15) is 23.9 Å². The predicted molar refractivity (Wildman–Crippen MR) is 74.8 cm³/mol. The highest BCUT2D eigenvalue weighted by Crippen LogP contribution is 2.28. The van der Waals surface area contributed by atoms with Gasteiger partial charge in [-0.3, -0.25) is 4.79 Å². The van der Waals surface area contributed by atoms with Crippen molar-refractivity contribution < 1.29 is 14.3 Å². The molecule has 1 aromatic carbocycles. The van der Waals surface area contributed by atoms with E-state index in [0.717, 1.165) is 5.56 Å². The molecule has 2 aromatic rings. The van der Waals surface area contributed by atoms with Gasteiger partial charge in [0.25, 0.3) is 0 Å². The molecule has 20 heavy (non-hydrogen) atoms. The molecule has 2 rings (SSSR count). The van der Waals surface area contributed by atoms with E-state index in [4.69, 9.17) is 9.47 Å². The van der Waals surface area contributed by atoms with E-state index in [1.165, 1.54) is 0 Å². The standard InChI is InChI=1S/C14H17N3O3/c1-15-13(18)9-17-5-4-16-14(17)10-6-11(19-2)8-12(7-10)20-3/h4-8H,9H2,1-3H3,(H,15,18). The molecule has 106 valence electrons. The first-order valence-corrected chi connectivity index (χ1v) is 6.13. The van der Waals surface area contributed by atoms with E-state index >= 15 is 0 Å². The Hall–Kier alpha value is -2.50. The number of carbonyl (C=O) groups is 1. The van der Waals surface area contributed by atoms with Crippen molar-refractivity contribution in [3.63, 3.8) is 0 Å². The minimum atomic E-state index is -0.0842. The summed E-state index contributed by atoms with van der Waals surface area (Å²) in [4.78, 5) is 15.8. The number of benzene rings is 1. The SMILES string of the molecule is CNC(=O)Cn1ccnc1-c1cc(OC)cc(OC)c1. The van der Waals surface area contributed by atoms with Gasteiger partial charge in [0, 0.05) is 31.1 Å². The summed E-state index contributed by atoms with van der Waals surface area (Å²) in [5.74, 6) is 1.95. The molecule has 0 aliphatic carbocycles. The lowest BCUT2D eigenvalue weighted by Crippen LogP contribution is -2.23. The molecular weight excluding hydrogens is 258 g/mol. The minimum absolute atomic E-state index is 0.0842. The smallest absolute Gasteiger partial charge is 0.239 e. The fourth-order valence-corrected chi connectivity index (χ4v) is 1.87. The molecule has 0 atom stereocenters. The number of nitrogens with one attached hydrogen (secondary N) is 1. The maximum atomic E-state index is 11.5. The molecule has 0 radical (unpaired) electrons. The maximum absolute atomic E-state index is 11.5. The fraction of sp³-hybridized carbons (Fsp3) is 0.286. The van der Waals surface area contributed by atoms with Gasteiger partial charge in [-0.2, -0.15) is 0 Å². The van der Waals surface area contributed by atoms with Gasteiger partial charge in [-0.05, 0) is 12.1 Å². The van der Waals surface area contributed by atoms with Crippen LogP contribution in [0.3, 0.4) is 0 Å². The third-order valence-corrected chi connectivity index (χ3v) is 2.92. The third-order valence-electron chi connectivity index (χ3n) is 2.92. The van der Waals surface area contributed by atoms with Crippen LogP contribution in [-0.2, 0) is 11.3 Å². The molecule has 1 amide bonds. The third kappa shape index (κ3) is 2.90. The summed E-state index contributed by atoms with van der Waals surface area (Å²) < 4.78 is 12.3. The summed E-state index contributed by atoms with van der Waals surface area (Å²) in [5.41, 5.74) is 0.829. The van der Waals surface area contributed by atoms with Crippen molar-refractivity contribution in [3.05, 3.63) is 30.6 Å². The monoisotopic (exact) mass is 275 g/mol. The van der Waals surface area contributed by atoms with Crippen molar-refractivity contribution in [2.45, 2.75) is 6.54 Å². The van der Waals surface area contributed by atoms with E-state index in [1.807, 2.05) is 12.1 Å². The molecule has 6 nitrogen and oxygen atoms in total. The molecule has 0 saturated carbocycles. The number of amides is 1. The Morgan fingerprint density at radius 1 is 1.25 bits per heavy atom. The van der Waals surface area contributed by atoms with Crippen molar-refractivity contribution in [1.82, 2.24) is 14.9 Å². The lowest BCUT2D eigenvalue weighted by molar-refractivity contribution is -0.121. The van der Waals surface area contributed by atoms with E-state index in [9.17, 15) is 4.79 Å². The zero-order valence-electron chi connectivity index (χ0n) is 11.7. The van der Waals surface area contributed by atoms with Crippen LogP contribution in [0.1, 0.15) is 0 Å². The first-order chi connectivity index (χ1) is 9.67. The van der Waals surface area contributed by atoms with Crippen LogP contribution in [0.15, 0.2) is 30.6 Å². The molecule has 0 aliphatic heterocycles. The van der Waals surface area contributed by atoms with Crippen LogP contribution >= 0.6 is 0 Å². The first kappa shape index (κ1) is 13.9. The normalized spacial score (nSPS) is 10.2. The predicted octanol–water partition coefficient (Wildman–Crippen LogP) is 1.31. The average molecular weight is 275 g/mol. The van der Waals surface area contributed by atoms with Crippen molar-refractivity contribution in [2.24, 2.45) is 0 Å². The quantitative estimate of drug-likeness (QED) is 0.893. The Labute approximate surface area is 117 Å². The Bertz CT molecular complexity index is 585. The van der Waals surface area contributed by atoms with Gasteiger partial charge in [-0.25, -0.2) is 4.98 Å². The number of imidazole rings is 1. The molecule has 0 bridgehead atoms. The van der Waals surface area contributed by atoms with E-state index in [2.05, 4.69) is 10.3 Å². The van der Waals surface area contributed by atoms with Crippen LogP contribution in [0.4, 0.5) is 0 Å². The Kier molecular flexibility index (Phi) is 4.24. The molecule has 1 aromatic heterocycles. The van der Waals surface area contributed by atoms with Crippen molar-refractivity contribution in [3.8, 4) is 22.9 Å². The van der Waals surface area contributed by atoms with Gasteiger partial charge in [-0.15, -0.1) is 0 Å². The highest BCUT2D eigenvalue weighted by molar-refractivity contribution is 5.76. The second-order valence-corrected chi connectivity index (χ2v) is 4.15. The Morgan fingerprint density at radius 2 is 1.90 bits per heavy atom. The second-order valence-electron chi connectivity index (χ2n) is 4.15.